The molecular formula is C13H17N3O. The van der Waals surface area contributed by atoms with Crippen molar-refractivity contribution in [1.29, 1.82) is 0 Å². The van der Waals surface area contributed by atoms with Crippen LogP contribution in [0.1, 0.15) is 11.4 Å². The van der Waals surface area contributed by atoms with E-state index in [9.17, 15) is 0 Å². The summed E-state index contributed by atoms with van der Waals surface area (Å²) in [6.07, 6.45) is 3.74. The summed E-state index contributed by atoms with van der Waals surface area (Å²) < 4.78 is 7.21. The van der Waals surface area contributed by atoms with Crippen molar-refractivity contribution in [3.05, 3.63) is 42.0 Å². The third-order valence-electron chi connectivity index (χ3n) is 2.80. The number of aryl methyl sites for hydroxylation is 2. The fourth-order valence-corrected chi connectivity index (χ4v) is 1.66. The summed E-state index contributed by atoms with van der Waals surface area (Å²) in [6.45, 7) is 2.78. The molecule has 0 saturated carbocycles. The molecule has 1 N–H and O–H groups in total. The lowest BCUT2D eigenvalue weighted by atomic mass is 10.2. The lowest BCUT2D eigenvalue weighted by Gasteiger charge is -2.11. The fraction of sp³-hybridized carbons (Fsp3) is 0.308. The van der Waals surface area contributed by atoms with E-state index < -0.39 is 0 Å². The SMILES string of the molecule is COc1ccc(C)c(NCc2nccn2C)c1. The van der Waals surface area contributed by atoms with Crippen molar-refractivity contribution in [3.63, 3.8) is 0 Å². The Morgan fingerprint density at radius 3 is 2.88 bits per heavy atom. The molecule has 4 nitrogen and oxygen atoms in total. The molecule has 0 fully saturated rings. The van der Waals surface area contributed by atoms with E-state index in [0.29, 0.717) is 6.54 Å². The van der Waals surface area contributed by atoms with E-state index in [2.05, 4.69) is 17.2 Å². The number of anilines is 1. The first-order valence-corrected chi connectivity index (χ1v) is 5.55. The van der Waals surface area contributed by atoms with Gasteiger partial charge in [0.15, 0.2) is 0 Å². The monoisotopic (exact) mass is 231 g/mol. The minimum Gasteiger partial charge on any atom is -0.497 e. The van der Waals surface area contributed by atoms with Crippen molar-refractivity contribution in [3.8, 4) is 5.75 Å². The molecule has 2 aromatic rings. The lowest BCUT2D eigenvalue weighted by Crippen LogP contribution is -2.06. The van der Waals surface area contributed by atoms with Crippen LogP contribution in [0, 0.1) is 6.92 Å². The number of rotatable bonds is 4. The normalized spacial score (nSPS) is 10.3. The first kappa shape index (κ1) is 11.5. The predicted octanol–water partition coefficient (Wildman–Crippen LogP) is 2.35. The van der Waals surface area contributed by atoms with E-state index in [1.807, 2.05) is 36.0 Å². The zero-order valence-corrected chi connectivity index (χ0v) is 10.4. The second kappa shape index (κ2) is 4.91. The summed E-state index contributed by atoms with van der Waals surface area (Å²) in [5.41, 5.74) is 2.27. The molecule has 1 heterocycles. The van der Waals surface area contributed by atoms with E-state index in [0.717, 1.165) is 17.3 Å². The van der Waals surface area contributed by atoms with E-state index in [1.165, 1.54) is 5.56 Å². The zero-order valence-electron chi connectivity index (χ0n) is 10.4. The van der Waals surface area contributed by atoms with Gasteiger partial charge in [0.25, 0.3) is 0 Å². The minimum atomic E-state index is 0.706. The van der Waals surface area contributed by atoms with Gasteiger partial charge in [0.2, 0.25) is 0 Å². The fourth-order valence-electron chi connectivity index (χ4n) is 1.66. The number of hydrogen-bond acceptors (Lipinski definition) is 3. The molecule has 1 aromatic carbocycles. The number of nitrogens with zero attached hydrogens (tertiary/aromatic N) is 2. The highest BCUT2D eigenvalue weighted by Gasteiger charge is 2.02. The average molecular weight is 231 g/mol. The number of ether oxygens (including phenoxy) is 1. The second-order valence-corrected chi connectivity index (χ2v) is 3.99. The van der Waals surface area contributed by atoms with Crippen molar-refractivity contribution in [2.75, 3.05) is 12.4 Å². The average Bonchev–Trinajstić information content (AvgIpc) is 2.74. The summed E-state index contributed by atoms with van der Waals surface area (Å²) in [7, 11) is 3.66. The van der Waals surface area contributed by atoms with Crippen LogP contribution >= 0.6 is 0 Å². The van der Waals surface area contributed by atoms with Crippen molar-refractivity contribution in [1.82, 2.24) is 9.55 Å². The van der Waals surface area contributed by atoms with Crippen LogP contribution in [0.25, 0.3) is 0 Å². The molecule has 0 spiro atoms. The molecule has 0 radical (unpaired) electrons. The van der Waals surface area contributed by atoms with E-state index in [1.54, 1.807) is 13.3 Å². The third-order valence-corrected chi connectivity index (χ3v) is 2.80. The smallest absolute Gasteiger partial charge is 0.127 e. The summed E-state index contributed by atoms with van der Waals surface area (Å²) >= 11 is 0. The first-order chi connectivity index (χ1) is 8.20. The van der Waals surface area contributed by atoms with E-state index in [-0.39, 0.29) is 0 Å². The Kier molecular flexibility index (Phi) is 3.32. The number of methoxy groups -OCH3 is 1. The number of imidazole rings is 1. The second-order valence-electron chi connectivity index (χ2n) is 3.99. The van der Waals surface area contributed by atoms with Crippen molar-refractivity contribution < 1.29 is 4.74 Å². The summed E-state index contributed by atoms with van der Waals surface area (Å²) in [6, 6.07) is 6.00. The molecule has 2 rings (SSSR count). The minimum absolute atomic E-state index is 0.706. The van der Waals surface area contributed by atoms with Gasteiger partial charge in [-0.15, -0.1) is 0 Å². The third kappa shape index (κ3) is 2.58. The van der Waals surface area contributed by atoms with Crippen molar-refractivity contribution in [2.24, 2.45) is 7.05 Å². The molecular weight excluding hydrogens is 214 g/mol. The Morgan fingerprint density at radius 1 is 1.41 bits per heavy atom. The van der Waals surface area contributed by atoms with E-state index >= 15 is 0 Å². The van der Waals surface area contributed by atoms with Gasteiger partial charge in [0.05, 0.1) is 13.7 Å². The molecule has 1 aromatic heterocycles. The standard InChI is InChI=1S/C13H17N3O/c1-10-4-5-11(17-3)8-12(10)15-9-13-14-6-7-16(13)2/h4-8,15H,9H2,1-3H3. The predicted molar refractivity (Wildman–Crippen MR) is 68.3 cm³/mol. The first-order valence-electron chi connectivity index (χ1n) is 5.55. The molecule has 4 heteroatoms. The molecule has 0 amide bonds. The van der Waals surface area contributed by atoms with Crippen LogP contribution in [0.15, 0.2) is 30.6 Å². The zero-order chi connectivity index (χ0) is 12.3. The van der Waals surface area contributed by atoms with Crippen LogP contribution in [0.2, 0.25) is 0 Å². The Bertz CT molecular complexity index is 505. The highest BCUT2D eigenvalue weighted by molar-refractivity contribution is 5.54. The van der Waals surface area contributed by atoms with Gasteiger partial charge in [-0.3, -0.25) is 0 Å². The summed E-state index contributed by atoms with van der Waals surface area (Å²) in [5.74, 6) is 1.87. The van der Waals surface area contributed by atoms with Gasteiger partial charge in [-0.25, -0.2) is 4.98 Å². The van der Waals surface area contributed by atoms with Crippen LogP contribution in [0.5, 0.6) is 5.75 Å². The van der Waals surface area contributed by atoms with Gasteiger partial charge in [0.1, 0.15) is 11.6 Å². The summed E-state index contributed by atoms with van der Waals surface area (Å²) in [5, 5.41) is 3.37. The van der Waals surface area contributed by atoms with E-state index in [4.69, 9.17) is 4.74 Å². The largest absolute Gasteiger partial charge is 0.497 e. The number of aromatic nitrogens is 2. The Morgan fingerprint density at radius 2 is 2.24 bits per heavy atom. The van der Waals surface area contributed by atoms with Crippen molar-refractivity contribution in [2.45, 2.75) is 13.5 Å². The van der Waals surface area contributed by atoms with Gasteiger partial charge in [-0.05, 0) is 18.6 Å². The maximum Gasteiger partial charge on any atom is 0.127 e. The molecule has 0 unspecified atom stereocenters. The molecule has 0 aliphatic heterocycles. The molecule has 17 heavy (non-hydrogen) atoms. The van der Waals surface area contributed by atoms with Crippen LogP contribution in [0.4, 0.5) is 5.69 Å². The van der Waals surface area contributed by atoms with Gasteiger partial charge < -0.3 is 14.6 Å². The quantitative estimate of drug-likeness (QED) is 0.878. The van der Waals surface area contributed by atoms with Gasteiger partial charge in [-0.1, -0.05) is 6.07 Å². The topological polar surface area (TPSA) is 39.1 Å². The Labute approximate surface area is 101 Å². The molecule has 0 bridgehead atoms. The number of nitrogens with one attached hydrogen (secondary N) is 1. The van der Waals surface area contributed by atoms with Gasteiger partial charge in [0, 0.05) is 31.2 Å². The van der Waals surface area contributed by atoms with Crippen molar-refractivity contribution >= 4 is 5.69 Å². The van der Waals surface area contributed by atoms with Gasteiger partial charge >= 0.3 is 0 Å². The molecule has 90 valence electrons. The molecule has 0 saturated heterocycles. The maximum absolute atomic E-state index is 5.21. The number of hydrogen-bond donors (Lipinski definition) is 1. The Hall–Kier alpha value is -1.97. The van der Waals surface area contributed by atoms with Gasteiger partial charge in [-0.2, -0.15) is 0 Å². The van der Waals surface area contributed by atoms with Crippen LogP contribution < -0.4 is 10.1 Å². The number of benzene rings is 1. The summed E-state index contributed by atoms with van der Waals surface area (Å²) in [4.78, 5) is 4.27. The molecule has 0 atom stereocenters. The molecule has 0 aliphatic rings. The molecule has 0 aliphatic carbocycles. The highest BCUT2D eigenvalue weighted by atomic mass is 16.5. The Balaban J connectivity index is 2.11. The lowest BCUT2D eigenvalue weighted by molar-refractivity contribution is 0.415. The highest BCUT2D eigenvalue weighted by Crippen LogP contribution is 2.22. The van der Waals surface area contributed by atoms with Crippen LogP contribution in [0.3, 0.4) is 0 Å². The van der Waals surface area contributed by atoms with Crippen LogP contribution in [-0.2, 0) is 13.6 Å². The maximum atomic E-state index is 5.21. The van der Waals surface area contributed by atoms with Crippen LogP contribution in [-0.4, -0.2) is 16.7 Å².